The van der Waals surface area contributed by atoms with Crippen LogP contribution in [0.3, 0.4) is 0 Å². The van der Waals surface area contributed by atoms with E-state index in [0.717, 1.165) is 0 Å². The number of sulfonamides is 1. The average Bonchev–Trinajstić information content (AvgIpc) is 2.80. The molecule has 1 atom stereocenters. The first kappa shape index (κ1) is 17.7. The first-order valence-corrected chi connectivity index (χ1v) is 8.61. The van der Waals surface area contributed by atoms with Crippen molar-refractivity contribution in [1.82, 2.24) is 9.88 Å². The molecule has 0 spiro atoms. The molecule has 0 aliphatic heterocycles. The molecule has 0 aromatic carbocycles. The Morgan fingerprint density at radius 2 is 1.86 bits per heavy atom. The normalized spacial score (nSPS) is 13.7. The van der Waals surface area contributed by atoms with Crippen LogP contribution >= 0.6 is 0 Å². The summed E-state index contributed by atoms with van der Waals surface area (Å²) < 4.78 is 24.5. The molecular formula is C14H25N3O3S. The van der Waals surface area contributed by atoms with E-state index in [1.807, 2.05) is 13.8 Å². The second-order valence-corrected chi connectivity index (χ2v) is 7.60. The van der Waals surface area contributed by atoms with E-state index in [4.69, 9.17) is 5.14 Å². The number of nitrogens with one attached hydrogen (secondary N) is 1. The summed E-state index contributed by atoms with van der Waals surface area (Å²) in [6.45, 7) is 10.5. The van der Waals surface area contributed by atoms with Gasteiger partial charge in [-0.3, -0.25) is 4.79 Å². The Bertz CT molecular complexity index is 603. The van der Waals surface area contributed by atoms with Crippen LogP contribution < -0.4 is 10.5 Å². The highest BCUT2D eigenvalue weighted by Gasteiger charge is 2.20. The molecule has 6 nitrogen and oxygen atoms in total. The molecule has 21 heavy (non-hydrogen) atoms. The third kappa shape index (κ3) is 4.57. The van der Waals surface area contributed by atoms with Crippen molar-refractivity contribution in [2.75, 3.05) is 6.54 Å². The Labute approximate surface area is 126 Å². The number of primary sulfonamides is 1. The fourth-order valence-electron chi connectivity index (χ4n) is 1.80. The zero-order valence-corrected chi connectivity index (χ0v) is 14.1. The molecule has 1 aromatic heterocycles. The van der Waals surface area contributed by atoms with Gasteiger partial charge in [-0.15, -0.1) is 0 Å². The Balaban J connectivity index is 3.00. The largest absolute Gasteiger partial charge is 0.350 e. The number of amides is 1. The van der Waals surface area contributed by atoms with Crippen molar-refractivity contribution in [2.45, 2.75) is 45.6 Å². The summed E-state index contributed by atoms with van der Waals surface area (Å²) in [5.74, 6) is 0.516. The molecule has 0 aliphatic carbocycles. The van der Waals surface area contributed by atoms with E-state index in [2.05, 4.69) is 26.1 Å². The second-order valence-electron chi connectivity index (χ2n) is 6.04. The van der Waals surface area contributed by atoms with Crippen molar-refractivity contribution in [2.24, 2.45) is 17.0 Å². The lowest BCUT2D eigenvalue weighted by molar-refractivity contribution is 0.0934. The monoisotopic (exact) mass is 315 g/mol. The molecule has 0 radical (unpaired) electrons. The van der Waals surface area contributed by atoms with Crippen LogP contribution in [0.25, 0.3) is 0 Å². The maximum absolute atomic E-state index is 12.3. The summed E-state index contributed by atoms with van der Waals surface area (Å²) in [5, 5.41) is 7.97. The van der Waals surface area contributed by atoms with Gasteiger partial charge in [0, 0.05) is 18.8 Å². The van der Waals surface area contributed by atoms with Crippen LogP contribution in [0.2, 0.25) is 0 Å². The lowest BCUT2D eigenvalue weighted by Crippen LogP contribution is -2.31. The van der Waals surface area contributed by atoms with E-state index in [1.54, 1.807) is 4.57 Å². The van der Waals surface area contributed by atoms with Gasteiger partial charge in [-0.1, -0.05) is 20.8 Å². The molecule has 0 saturated heterocycles. The van der Waals surface area contributed by atoms with Gasteiger partial charge in [-0.25, -0.2) is 13.6 Å². The number of aromatic nitrogens is 1. The molecule has 1 aromatic rings. The molecule has 3 N–H and O–H groups in total. The number of rotatable bonds is 6. The van der Waals surface area contributed by atoms with Gasteiger partial charge in [0.1, 0.15) is 10.6 Å². The van der Waals surface area contributed by atoms with Crippen LogP contribution in [0.1, 0.15) is 51.1 Å². The van der Waals surface area contributed by atoms with Crippen LogP contribution in [0.4, 0.5) is 0 Å². The van der Waals surface area contributed by atoms with Crippen LogP contribution in [0, 0.1) is 11.8 Å². The van der Waals surface area contributed by atoms with Crippen molar-refractivity contribution in [3.8, 4) is 0 Å². The van der Waals surface area contributed by atoms with E-state index >= 15 is 0 Å². The highest BCUT2D eigenvalue weighted by Crippen LogP contribution is 2.18. The molecule has 7 heteroatoms. The lowest BCUT2D eigenvalue weighted by Gasteiger charge is -2.17. The van der Waals surface area contributed by atoms with Crippen molar-refractivity contribution in [3.05, 3.63) is 18.0 Å². The molecule has 0 saturated carbocycles. The van der Waals surface area contributed by atoms with E-state index in [9.17, 15) is 13.2 Å². The maximum atomic E-state index is 12.3. The molecular weight excluding hydrogens is 290 g/mol. The zero-order valence-electron chi connectivity index (χ0n) is 13.3. The average molecular weight is 315 g/mol. The summed E-state index contributed by atoms with van der Waals surface area (Å²) in [5.41, 5.74) is 0.310. The van der Waals surface area contributed by atoms with Crippen molar-refractivity contribution in [1.29, 1.82) is 0 Å². The number of hydrogen-bond donors (Lipinski definition) is 2. The van der Waals surface area contributed by atoms with Gasteiger partial charge in [0.05, 0.1) is 0 Å². The Kier molecular flexibility index (Phi) is 5.58. The number of nitrogens with two attached hydrogens (primary N) is 1. The number of nitrogens with zero attached hydrogens (tertiary/aromatic N) is 1. The third-order valence-electron chi connectivity index (χ3n) is 3.66. The van der Waals surface area contributed by atoms with Crippen LogP contribution in [-0.4, -0.2) is 25.4 Å². The van der Waals surface area contributed by atoms with E-state index in [0.29, 0.717) is 24.1 Å². The fourth-order valence-corrected chi connectivity index (χ4v) is 2.34. The number of hydrogen-bond acceptors (Lipinski definition) is 3. The number of carbonyl (C=O) groups is 1. The summed E-state index contributed by atoms with van der Waals surface area (Å²) in [6.07, 6.45) is 1.40. The molecule has 1 heterocycles. The molecule has 1 rings (SSSR count). The van der Waals surface area contributed by atoms with Gasteiger partial charge in [0.25, 0.3) is 5.91 Å². The topological polar surface area (TPSA) is 94.2 Å². The second kappa shape index (κ2) is 6.62. The summed E-state index contributed by atoms with van der Waals surface area (Å²) in [7, 11) is -3.82. The molecule has 0 bridgehead atoms. The molecule has 1 amide bonds. The minimum atomic E-state index is -3.82. The van der Waals surface area contributed by atoms with Crippen LogP contribution in [-0.2, 0) is 10.0 Å². The minimum Gasteiger partial charge on any atom is -0.350 e. The van der Waals surface area contributed by atoms with E-state index < -0.39 is 10.0 Å². The smallest absolute Gasteiger partial charge is 0.267 e. The van der Waals surface area contributed by atoms with Gasteiger partial charge in [-0.2, -0.15) is 0 Å². The van der Waals surface area contributed by atoms with E-state index in [-0.39, 0.29) is 16.8 Å². The molecule has 120 valence electrons. The first-order valence-electron chi connectivity index (χ1n) is 7.07. The van der Waals surface area contributed by atoms with Gasteiger partial charge in [-0.05, 0) is 31.7 Å². The summed E-state index contributed by atoms with van der Waals surface area (Å²) >= 11 is 0. The predicted molar refractivity (Wildman–Crippen MR) is 82.5 cm³/mol. The van der Waals surface area contributed by atoms with Gasteiger partial charge in [0.2, 0.25) is 10.0 Å². The van der Waals surface area contributed by atoms with Gasteiger partial charge in [0.15, 0.2) is 0 Å². The van der Waals surface area contributed by atoms with Crippen molar-refractivity contribution >= 4 is 15.9 Å². The minimum absolute atomic E-state index is 0.0382. The predicted octanol–water partition coefficient (Wildman–Crippen LogP) is 1.74. The maximum Gasteiger partial charge on any atom is 0.267 e. The molecule has 0 aliphatic rings. The molecule has 1 unspecified atom stereocenters. The Morgan fingerprint density at radius 3 is 2.29 bits per heavy atom. The van der Waals surface area contributed by atoms with Crippen molar-refractivity contribution < 1.29 is 13.2 Å². The van der Waals surface area contributed by atoms with Gasteiger partial charge >= 0.3 is 0 Å². The fraction of sp³-hybridized carbons (Fsp3) is 0.643. The quantitative estimate of drug-likeness (QED) is 0.837. The third-order valence-corrected chi connectivity index (χ3v) is 4.54. The summed E-state index contributed by atoms with van der Waals surface area (Å²) in [6, 6.07) is 1.29. The standard InChI is InChI=1S/C14H25N3O3S/c1-9(2)11(5)7-16-14(18)13-6-12(21(15,19)20)8-17(13)10(3)4/h6,8-11H,7H2,1-5H3,(H,16,18)(H2,15,19,20). The highest BCUT2D eigenvalue weighted by molar-refractivity contribution is 7.89. The first-order chi connectivity index (χ1) is 9.54. The Morgan fingerprint density at radius 1 is 1.29 bits per heavy atom. The zero-order chi connectivity index (χ0) is 16.4. The van der Waals surface area contributed by atoms with Crippen LogP contribution in [0.15, 0.2) is 17.2 Å². The van der Waals surface area contributed by atoms with E-state index in [1.165, 1.54) is 12.3 Å². The van der Waals surface area contributed by atoms with Crippen LogP contribution in [0.5, 0.6) is 0 Å². The lowest BCUT2D eigenvalue weighted by atomic mass is 9.98. The van der Waals surface area contributed by atoms with Crippen molar-refractivity contribution in [3.63, 3.8) is 0 Å². The summed E-state index contributed by atoms with van der Waals surface area (Å²) in [4.78, 5) is 12.2. The number of carbonyl (C=O) groups excluding carboxylic acids is 1. The SMILES string of the molecule is CC(C)C(C)CNC(=O)c1cc(S(N)(=O)=O)cn1C(C)C. The van der Waals surface area contributed by atoms with Gasteiger partial charge < -0.3 is 9.88 Å². The molecule has 0 fully saturated rings. The highest BCUT2D eigenvalue weighted by atomic mass is 32.2. The Hall–Kier alpha value is -1.34.